The van der Waals surface area contributed by atoms with Crippen LogP contribution in [-0.2, 0) is 16.0 Å². The molecular formula is C17H17ClN2O5. The summed E-state index contributed by atoms with van der Waals surface area (Å²) >= 11 is 6.15. The molecule has 1 heterocycles. The van der Waals surface area contributed by atoms with E-state index in [4.69, 9.17) is 21.1 Å². The van der Waals surface area contributed by atoms with Crippen LogP contribution in [0.2, 0.25) is 5.15 Å². The molecule has 0 aliphatic rings. The standard InChI is InChI=1S/C17H17ClN2O5/c1-3-24-16(22)12-7-5-6-11(8-12)9-20-15(18)13(10-21)14(19-20)17(23)25-4-2/h5-8,10H,3-4,9H2,1-2H3. The van der Waals surface area contributed by atoms with Crippen molar-refractivity contribution in [2.45, 2.75) is 20.4 Å². The lowest BCUT2D eigenvalue weighted by atomic mass is 10.1. The van der Waals surface area contributed by atoms with Gasteiger partial charge in [0.05, 0.1) is 30.9 Å². The Hall–Kier alpha value is -2.67. The van der Waals surface area contributed by atoms with Crippen molar-refractivity contribution < 1.29 is 23.9 Å². The number of carbonyl (C=O) groups is 3. The van der Waals surface area contributed by atoms with Crippen LogP contribution in [0.4, 0.5) is 0 Å². The van der Waals surface area contributed by atoms with Gasteiger partial charge in [0.2, 0.25) is 0 Å². The Labute approximate surface area is 149 Å². The maximum Gasteiger partial charge on any atom is 0.359 e. The van der Waals surface area contributed by atoms with Crippen LogP contribution in [0.25, 0.3) is 0 Å². The number of rotatable bonds is 7. The lowest BCUT2D eigenvalue weighted by Gasteiger charge is -2.06. The van der Waals surface area contributed by atoms with Gasteiger partial charge in [0, 0.05) is 0 Å². The summed E-state index contributed by atoms with van der Waals surface area (Å²) in [5, 5.41) is 4.10. The maximum absolute atomic E-state index is 11.9. The van der Waals surface area contributed by atoms with Crippen LogP contribution in [0.15, 0.2) is 24.3 Å². The normalized spacial score (nSPS) is 10.4. The maximum atomic E-state index is 11.9. The molecule has 0 atom stereocenters. The Morgan fingerprint density at radius 1 is 1.20 bits per heavy atom. The molecule has 25 heavy (non-hydrogen) atoms. The van der Waals surface area contributed by atoms with Crippen molar-refractivity contribution in [2.75, 3.05) is 13.2 Å². The summed E-state index contributed by atoms with van der Waals surface area (Å²) in [5.41, 5.74) is 0.941. The molecule has 0 saturated carbocycles. The fourth-order valence-electron chi connectivity index (χ4n) is 2.20. The van der Waals surface area contributed by atoms with Crippen LogP contribution in [0.3, 0.4) is 0 Å². The van der Waals surface area contributed by atoms with E-state index in [-0.39, 0.29) is 36.2 Å². The number of aldehydes is 1. The number of hydrogen-bond donors (Lipinski definition) is 0. The van der Waals surface area contributed by atoms with E-state index in [2.05, 4.69) is 5.10 Å². The Morgan fingerprint density at radius 3 is 2.52 bits per heavy atom. The summed E-state index contributed by atoms with van der Waals surface area (Å²) in [7, 11) is 0. The minimum atomic E-state index is -0.717. The molecule has 8 heteroatoms. The molecule has 2 aromatic rings. The second-order valence-electron chi connectivity index (χ2n) is 4.97. The highest BCUT2D eigenvalue weighted by atomic mass is 35.5. The number of ether oxygens (including phenoxy) is 2. The lowest BCUT2D eigenvalue weighted by molar-refractivity contribution is 0.0511. The molecule has 132 valence electrons. The topological polar surface area (TPSA) is 87.5 Å². The molecule has 1 aromatic heterocycles. The zero-order chi connectivity index (χ0) is 18.4. The van der Waals surface area contributed by atoms with Gasteiger partial charge in [-0.3, -0.25) is 4.79 Å². The van der Waals surface area contributed by atoms with Gasteiger partial charge in [-0.1, -0.05) is 23.7 Å². The number of esters is 2. The molecule has 0 spiro atoms. The first kappa shape index (κ1) is 18.7. The first-order valence-electron chi connectivity index (χ1n) is 7.66. The van der Waals surface area contributed by atoms with Crippen LogP contribution in [0.5, 0.6) is 0 Å². The van der Waals surface area contributed by atoms with Crippen LogP contribution in [0.1, 0.15) is 50.6 Å². The first-order valence-corrected chi connectivity index (χ1v) is 8.04. The molecule has 0 bridgehead atoms. The predicted octanol–water partition coefficient (Wildman–Crippen LogP) is 2.75. The molecule has 0 aliphatic carbocycles. The number of hydrogen-bond acceptors (Lipinski definition) is 6. The van der Waals surface area contributed by atoms with Crippen LogP contribution in [-0.4, -0.2) is 41.2 Å². The summed E-state index contributed by atoms with van der Waals surface area (Å²) in [4.78, 5) is 34.9. The van der Waals surface area contributed by atoms with E-state index in [1.807, 2.05) is 0 Å². The van der Waals surface area contributed by atoms with Crippen LogP contribution in [0, 0.1) is 0 Å². The van der Waals surface area contributed by atoms with Crippen molar-refractivity contribution in [3.8, 4) is 0 Å². The molecule has 0 aliphatic heterocycles. The monoisotopic (exact) mass is 364 g/mol. The van der Waals surface area contributed by atoms with E-state index in [9.17, 15) is 14.4 Å². The van der Waals surface area contributed by atoms with Crippen molar-refractivity contribution >= 4 is 29.8 Å². The number of aromatic nitrogens is 2. The summed E-state index contributed by atoms with van der Waals surface area (Å²) in [6, 6.07) is 6.74. The molecule has 0 unspecified atom stereocenters. The van der Waals surface area contributed by atoms with E-state index in [0.717, 1.165) is 0 Å². The second-order valence-corrected chi connectivity index (χ2v) is 5.33. The largest absolute Gasteiger partial charge is 0.462 e. The third-order valence-corrected chi connectivity index (χ3v) is 3.68. The van der Waals surface area contributed by atoms with Gasteiger partial charge in [-0.05, 0) is 31.5 Å². The van der Waals surface area contributed by atoms with Gasteiger partial charge in [-0.15, -0.1) is 0 Å². The minimum absolute atomic E-state index is 0.0262. The third kappa shape index (κ3) is 4.24. The van der Waals surface area contributed by atoms with E-state index < -0.39 is 11.9 Å². The fourth-order valence-corrected chi connectivity index (χ4v) is 2.43. The highest BCUT2D eigenvalue weighted by molar-refractivity contribution is 6.32. The average Bonchev–Trinajstić information content (AvgIpc) is 2.91. The smallest absolute Gasteiger partial charge is 0.359 e. The Balaban J connectivity index is 2.32. The fraction of sp³-hybridized carbons (Fsp3) is 0.294. The van der Waals surface area contributed by atoms with Gasteiger partial charge in [0.1, 0.15) is 5.15 Å². The SMILES string of the molecule is CCOC(=O)c1cccc(Cn2nc(C(=O)OCC)c(C=O)c2Cl)c1. The Morgan fingerprint density at radius 2 is 1.88 bits per heavy atom. The number of carbonyl (C=O) groups excluding carboxylic acids is 3. The Bertz CT molecular complexity index is 800. The van der Waals surface area contributed by atoms with Gasteiger partial charge in [-0.2, -0.15) is 5.10 Å². The first-order chi connectivity index (χ1) is 12.0. The Kier molecular flexibility index (Phi) is 6.30. The van der Waals surface area contributed by atoms with Gasteiger partial charge in [0.15, 0.2) is 12.0 Å². The van der Waals surface area contributed by atoms with Gasteiger partial charge in [-0.25, -0.2) is 14.3 Å². The zero-order valence-corrected chi connectivity index (χ0v) is 14.6. The van der Waals surface area contributed by atoms with Crippen molar-refractivity contribution in [1.82, 2.24) is 9.78 Å². The van der Waals surface area contributed by atoms with E-state index in [1.54, 1.807) is 38.1 Å². The summed E-state index contributed by atoms with van der Waals surface area (Å²) in [6.45, 7) is 3.98. The molecule has 7 nitrogen and oxygen atoms in total. The quantitative estimate of drug-likeness (QED) is 0.554. The predicted molar refractivity (Wildman–Crippen MR) is 90.1 cm³/mol. The lowest BCUT2D eigenvalue weighted by Crippen LogP contribution is -2.09. The second kappa shape index (κ2) is 8.43. The zero-order valence-electron chi connectivity index (χ0n) is 13.8. The number of benzene rings is 1. The highest BCUT2D eigenvalue weighted by Crippen LogP contribution is 2.21. The summed E-state index contributed by atoms with van der Waals surface area (Å²) in [6.07, 6.45) is 0.465. The minimum Gasteiger partial charge on any atom is -0.462 e. The van der Waals surface area contributed by atoms with Crippen LogP contribution < -0.4 is 0 Å². The van der Waals surface area contributed by atoms with E-state index in [1.165, 1.54) is 4.68 Å². The molecule has 0 fully saturated rings. The van der Waals surface area contributed by atoms with Gasteiger partial charge >= 0.3 is 11.9 Å². The van der Waals surface area contributed by atoms with Gasteiger partial charge in [0.25, 0.3) is 0 Å². The van der Waals surface area contributed by atoms with E-state index in [0.29, 0.717) is 17.4 Å². The molecule has 0 saturated heterocycles. The third-order valence-electron chi connectivity index (χ3n) is 3.28. The van der Waals surface area contributed by atoms with Crippen molar-refractivity contribution in [3.05, 3.63) is 51.8 Å². The molecule has 0 radical (unpaired) electrons. The molecule has 0 N–H and O–H groups in total. The summed E-state index contributed by atoms with van der Waals surface area (Å²) < 4.78 is 11.1. The van der Waals surface area contributed by atoms with Crippen LogP contribution >= 0.6 is 11.6 Å². The highest BCUT2D eigenvalue weighted by Gasteiger charge is 2.23. The van der Waals surface area contributed by atoms with Crippen molar-refractivity contribution in [2.24, 2.45) is 0 Å². The molecular weight excluding hydrogens is 348 g/mol. The summed E-state index contributed by atoms with van der Waals surface area (Å²) in [5.74, 6) is -1.15. The van der Waals surface area contributed by atoms with E-state index >= 15 is 0 Å². The van der Waals surface area contributed by atoms with Crippen molar-refractivity contribution in [3.63, 3.8) is 0 Å². The average molecular weight is 365 g/mol. The molecule has 1 aromatic carbocycles. The van der Waals surface area contributed by atoms with Crippen molar-refractivity contribution in [1.29, 1.82) is 0 Å². The van der Waals surface area contributed by atoms with Gasteiger partial charge < -0.3 is 9.47 Å². The number of halogens is 1. The number of nitrogens with zero attached hydrogens (tertiary/aromatic N) is 2. The molecule has 2 rings (SSSR count). The molecule has 0 amide bonds.